The topological polar surface area (TPSA) is 27.8 Å². The summed E-state index contributed by atoms with van der Waals surface area (Å²) >= 11 is 6.08. The molecule has 0 radical (unpaired) electrons. The summed E-state index contributed by atoms with van der Waals surface area (Å²) in [6, 6.07) is 9.54. The summed E-state index contributed by atoms with van der Waals surface area (Å²) in [5.74, 6) is -1.63. The Morgan fingerprint density at radius 3 is 2.86 bits per heavy atom. The Labute approximate surface area is 131 Å². The first kappa shape index (κ1) is 13.7. The largest absolute Gasteiger partial charge is 0.357 e. The number of H-pyrrole nitrogens is 1. The summed E-state index contributed by atoms with van der Waals surface area (Å²) in [7, 11) is 0. The SMILES string of the molecule is Fc1cccc(C2NCCc3c2[nH]c2ccc(Cl)cc32)c1F. The number of aromatic nitrogens is 1. The van der Waals surface area contributed by atoms with Gasteiger partial charge in [0.25, 0.3) is 0 Å². The van der Waals surface area contributed by atoms with E-state index in [0.717, 1.165) is 34.6 Å². The van der Waals surface area contributed by atoms with Gasteiger partial charge in [0.1, 0.15) is 0 Å². The van der Waals surface area contributed by atoms with Gasteiger partial charge < -0.3 is 10.3 Å². The zero-order chi connectivity index (χ0) is 15.3. The van der Waals surface area contributed by atoms with Gasteiger partial charge in [-0.15, -0.1) is 0 Å². The molecule has 0 bridgehead atoms. The molecule has 0 saturated carbocycles. The van der Waals surface area contributed by atoms with E-state index in [1.54, 1.807) is 6.07 Å². The summed E-state index contributed by atoms with van der Waals surface area (Å²) in [6.07, 6.45) is 0.823. The van der Waals surface area contributed by atoms with Crippen LogP contribution >= 0.6 is 11.6 Å². The van der Waals surface area contributed by atoms with Gasteiger partial charge in [0, 0.05) is 33.7 Å². The fourth-order valence-electron chi connectivity index (χ4n) is 3.21. The summed E-state index contributed by atoms with van der Waals surface area (Å²) < 4.78 is 27.7. The van der Waals surface area contributed by atoms with Crippen LogP contribution in [0.1, 0.15) is 22.9 Å². The zero-order valence-electron chi connectivity index (χ0n) is 11.6. The number of fused-ring (bicyclic) bond motifs is 3. The quantitative estimate of drug-likeness (QED) is 0.686. The van der Waals surface area contributed by atoms with Crippen LogP contribution in [-0.4, -0.2) is 11.5 Å². The lowest BCUT2D eigenvalue weighted by Crippen LogP contribution is -2.31. The third kappa shape index (κ3) is 2.02. The molecule has 2 nitrogen and oxygen atoms in total. The van der Waals surface area contributed by atoms with Gasteiger partial charge in [0.05, 0.1) is 6.04 Å². The molecule has 1 aromatic heterocycles. The maximum absolute atomic E-state index is 14.1. The van der Waals surface area contributed by atoms with Gasteiger partial charge in [-0.05, 0) is 36.2 Å². The molecule has 2 aromatic carbocycles. The number of hydrogen-bond acceptors (Lipinski definition) is 1. The van der Waals surface area contributed by atoms with E-state index in [2.05, 4.69) is 10.3 Å². The lowest BCUT2D eigenvalue weighted by molar-refractivity contribution is 0.472. The Morgan fingerprint density at radius 1 is 1.14 bits per heavy atom. The second-order valence-corrected chi connectivity index (χ2v) is 5.92. The molecule has 4 rings (SSSR count). The summed E-state index contributed by atoms with van der Waals surface area (Å²) in [5.41, 5.74) is 3.27. The highest BCUT2D eigenvalue weighted by Crippen LogP contribution is 2.35. The maximum atomic E-state index is 14.1. The summed E-state index contributed by atoms with van der Waals surface area (Å²) in [4.78, 5) is 3.33. The van der Waals surface area contributed by atoms with Crippen molar-refractivity contribution in [2.45, 2.75) is 12.5 Å². The number of hydrogen-bond donors (Lipinski definition) is 2. The molecule has 2 N–H and O–H groups in total. The third-order valence-corrected chi connectivity index (χ3v) is 4.44. The minimum Gasteiger partial charge on any atom is -0.357 e. The number of nitrogens with one attached hydrogen (secondary N) is 2. The number of rotatable bonds is 1. The molecule has 1 unspecified atom stereocenters. The lowest BCUT2D eigenvalue weighted by Gasteiger charge is -2.25. The monoisotopic (exact) mass is 318 g/mol. The number of halogens is 3. The normalized spacial score (nSPS) is 17.7. The van der Waals surface area contributed by atoms with E-state index in [4.69, 9.17) is 11.6 Å². The van der Waals surface area contributed by atoms with Crippen LogP contribution in [0.3, 0.4) is 0 Å². The first-order chi connectivity index (χ1) is 10.6. The molecule has 1 aliphatic heterocycles. The zero-order valence-corrected chi connectivity index (χ0v) is 12.3. The van der Waals surface area contributed by atoms with E-state index >= 15 is 0 Å². The summed E-state index contributed by atoms with van der Waals surface area (Å²) in [6.45, 7) is 0.701. The van der Waals surface area contributed by atoms with Gasteiger partial charge in [0.15, 0.2) is 11.6 Å². The second kappa shape index (κ2) is 5.07. The van der Waals surface area contributed by atoms with E-state index in [1.807, 2.05) is 18.2 Å². The molecule has 2 heterocycles. The number of aromatic amines is 1. The van der Waals surface area contributed by atoms with Gasteiger partial charge in [-0.3, -0.25) is 0 Å². The molecule has 1 atom stereocenters. The van der Waals surface area contributed by atoms with Gasteiger partial charge >= 0.3 is 0 Å². The van der Waals surface area contributed by atoms with Crippen molar-refractivity contribution in [1.82, 2.24) is 10.3 Å². The Morgan fingerprint density at radius 2 is 2.00 bits per heavy atom. The van der Waals surface area contributed by atoms with Crippen molar-refractivity contribution < 1.29 is 8.78 Å². The average Bonchev–Trinajstić information content (AvgIpc) is 2.88. The molecule has 0 aliphatic carbocycles. The molecule has 3 aromatic rings. The van der Waals surface area contributed by atoms with Crippen molar-refractivity contribution in [3.05, 3.63) is 69.9 Å². The third-order valence-electron chi connectivity index (χ3n) is 4.21. The van der Waals surface area contributed by atoms with Crippen molar-refractivity contribution in [1.29, 1.82) is 0 Å². The molecule has 0 fully saturated rings. The Kier molecular flexibility index (Phi) is 3.17. The van der Waals surface area contributed by atoms with Crippen molar-refractivity contribution >= 4 is 22.5 Å². The molecule has 1 aliphatic rings. The molecule has 0 amide bonds. The van der Waals surface area contributed by atoms with Gasteiger partial charge in [-0.1, -0.05) is 23.7 Å². The Balaban J connectivity index is 1.92. The Hall–Kier alpha value is -1.91. The van der Waals surface area contributed by atoms with Crippen LogP contribution in [0, 0.1) is 11.6 Å². The average molecular weight is 319 g/mol. The van der Waals surface area contributed by atoms with Crippen LogP contribution in [0.5, 0.6) is 0 Å². The van der Waals surface area contributed by atoms with Crippen LogP contribution in [0.15, 0.2) is 36.4 Å². The molecule has 0 saturated heterocycles. The lowest BCUT2D eigenvalue weighted by atomic mass is 9.94. The van der Waals surface area contributed by atoms with E-state index in [1.165, 1.54) is 6.07 Å². The second-order valence-electron chi connectivity index (χ2n) is 5.49. The number of benzene rings is 2. The highest BCUT2D eigenvalue weighted by Gasteiger charge is 2.28. The van der Waals surface area contributed by atoms with E-state index in [-0.39, 0.29) is 6.04 Å². The Bertz CT molecular complexity index is 872. The van der Waals surface area contributed by atoms with Crippen LogP contribution in [-0.2, 0) is 6.42 Å². The van der Waals surface area contributed by atoms with Crippen molar-refractivity contribution in [2.24, 2.45) is 0 Å². The van der Waals surface area contributed by atoms with Crippen LogP contribution in [0.4, 0.5) is 8.78 Å². The van der Waals surface area contributed by atoms with Gasteiger partial charge in [-0.2, -0.15) is 0 Å². The maximum Gasteiger partial charge on any atom is 0.163 e. The molecule has 5 heteroatoms. The molecule has 112 valence electrons. The first-order valence-corrected chi connectivity index (χ1v) is 7.50. The van der Waals surface area contributed by atoms with E-state index < -0.39 is 11.6 Å². The van der Waals surface area contributed by atoms with Crippen molar-refractivity contribution in [2.75, 3.05) is 6.54 Å². The van der Waals surface area contributed by atoms with Crippen LogP contribution < -0.4 is 5.32 Å². The van der Waals surface area contributed by atoms with Crippen molar-refractivity contribution in [3.8, 4) is 0 Å². The highest BCUT2D eigenvalue weighted by molar-refractivity contribution is 6.31. The minimum atomic E-state index is -0.828. The van der Waals surface area contributed by atoms with E-state index in [9.17, 15) is 8.78 Å². The fraction of sp³-hybridized carbons (Fsp3) is 0.176. The van der Waals surface area contributed by atoms with Crippen molar-refractivity contribution in [3.63, 3.8) is 0 Å². The van der Waals surface area contributed by atoms with Gasteiger partial charge in [0.2, 0.25) is 0 Å². The predicted octanol–water partition coefficient (Wildman–Crippen LogP) is 4.33. The molecular formula is C17H13ClF2N2. The minimum absolute atomic E-state index is 0.318. The summed E-state index contributed by atoms with van der Waals surface area (Å²) in [5, 5.41) is 4.98. The van der Waals surface area contributed by atoms with Crippen LogP contribution in [0.25, 0.3) is 10.9 Å². The van der Waals surface area contributed by atoms with Crippen LogP contribution in [0.2, 0.25) is 5.02 Å². The fourth-order valence-corrected chi connectivity index (χ4v) is 3.38. The highest BCUT2D eigenvalue weighted by atomic mass is 35.5. The molecular weight excluding hydrogens is 306 g/mol. The smallest absolute Gasteiger partial charge is 0.163 e. The molecule has 0 spiro atoms. The standard InChI is InChI=1S/C17H13ClF2N2/c18-9-4-5-14-12(8-9)10-6-7-21-16(17(10)22-14)11-2-1-3-13(19)15(11)20/h1-5,8,16,21-22H,6-7H2. The molecule has 22 heavy (non-hydrogen) atoms. The predicted molar refractivity (Wildman–Crippen MR) is 83.2 cm³/mol. The first-order valence-electron chi connectivity index (χ1n) is 7.12. The van der Waals surface area contributed by atoms with Gasteiger partial charge in [-0.25, -0.2) is 8.78 Å². The van der Waals surface area contributed by atoms with E-state index in [0.29, 0.717) is 17.1 Å².